The molecule has 28 heavy (non-hydrogen) atoms. The number of pyridine rings is 1. The number of rotatable bonds is 5. The number of hydrogen-bond donors (Lipinski definition) is 2. The third kappa shape index (κ3) is 4.26. The minimum atomic E-state index is -0.185. The lowest BCUT2D eigenvalue weighted by Gasteiger charge is -2.15. The number of aromatic nitrogens is 3. The predicted octanol–water partition coefficient (Wildman–Crippen LogP) is 2.42. The number of benzene rings is 1. The first kappa shape index (κ1) is 20.1. The SMILES string of the molecule is Cl.N[C@@H]1CCC[C@H]1CC(=O)Nc1cccc(Cn2nc3ccccn3c2=O)c1. The van der Waals surface area contributed by atoms with Crippen molar-refractivity contribution in [2.45, 2.75) is 38.3 Å². The summed E-state index contributed by atoms with van der Waals surface area (Å²) in [4.78, 5) is 24.7. The summed E-state index contributed by atoms with van der Waals surface area (Å²) in [6, 6.07) is 13.1. The molecule has 8 heteroatoms. The van der Waals surface area contributed by atoms with Gasteiger partial charge in [-0.2, -0.15) is 0 Å². The van der Waals surface area contributed by atoms with Gasteiger partial charge in [-0.05, 0) is 48.6 Å². The zero-order valence-electron chi connectivity index (χ0n) is 15.5. The number of carbonyl (C=O) groups is 1. The van der Waals surface area contributed by atoms with Crippen LogP contribution in [0.2, 0.25) is 0 Å². The van der Waals surface area contributed by atoms with Crippen LogP contribution in [0.3, 0.4) is 0 Å². The Labute approximate surface area is 169 Å². The van der Waals surface area contributed by atoms with E-state index in [1.165, 1.54) is 9.08 Å². The molecule has 1 aliphatic carbocycles. The zero-order chi connectivity index (χ0) is 18.8. The molecule has 0 aliphatic heterocycles. The summed E-state index contributed by atoms with van der Waals surface area (Å²) < 4.78 is 2.93. The van der Waals surface area contributed by atoms with Gasteiger partial charge in [-0.1, -0.05) is 24.6 Å². The number of amides is 1. The van der Waals surface area contributed by atoms with Gasteiger partial charge >= 0.3 is 5.69 Å². The lowest BCUT2D eigenvalue weighted by atomic mass is 10.00. The van der Waals surface area contributed by atoms with Crippen LogP contribution >= 0.6 is 12.4 Å². The van der Waals surface area contributed by atoms with Crippen LogP contribution in [-0.2, 0) is 11.3 Å². The highest BCUT2D eigenvalue weighted by Gasteiger charge is 2.26. The first-order valence-electron chi connectivity index (χ1n) is 9.29. The van der Waals surface area contributed by atoms with Crippen molar-refractivity contribution >= 4 is 29.6 Å². The van der Waals surface area contributed by atoms with E-state index in [4.69, 9.17) is 5.73 Å². The van der Waals surface area contributed by atoms with Crippen LogP contribution in [0.1, 0.15) is 31.2 Å². The Morgan fingerprint density at radius 3 is 2.82 bits per heavy atom. The average molecular weight is 402 g/mol. The molecule has 7 nitrogen and oxygen atoms in total. The van der Waals surface area contributed by atoms with Gasteiger partial charge in [0.05, 0.1) is 6.54 Å². The normalized spacial score (nSPS) is 18.8. The van der Waals surface area contributed by atoms with Gasteiger partial charge in [0.1, 0.15) is 0 Å². The van der Waals surface area contributed by atoms with Crippen molar-refractivity contribution in [2.24, 2.45) is 11.7 Å². The van der Waals surface area contributed by atoms with Gasteiger partial charge < -0.3 is 11.1 Å². The highest BCUT2D eigenvalue weighted by molar-refractivity contribution is 5.91. The van der Waals surface area contributed by atoms with Crippen molar-refractivity contribution in [3.05, 3.63) is 64.7 Å². The summed E-state index contributed by atoms with van der Waals surface area (Å²) >= 11 is 0. The average Bonchev–Trinajstić information content (AvgIpc) is 3.19. The molecule has 0 saturated heterocycles. The summed E-state index contributed by atoms with van der Waals surface area (Å²) in [5, 5.41) is 7.29. The second kappa shape index (κ2) is 8.58. The monoisotopic (exact) mass is 401 g/mol. The Hall–Kier alpha value is -2.64. The second-order valence-corrected chi connectivity index (χ2v) is 7.18. The molecule has 1 amide bonds. The molecule has 0 spiro atoms. The number of nitrogens with one attached hydrogen (secondary N) is 1. The molecular formula is C20H24ClN5O2. The largest absolute Gasteiger partial charge is 0.350 e. The third-order valence-corrected chi connectivity index (χ3v) is 5.20. The maximum Gasteiger partial charge on any atom is 0.350 e. The van der Waals surface area contributed by atoms with Crippen molar-refractivity contribution in [2.75, 3.05) is 5.32 Å². The topological polar surface area (TPSA) is 94.4 Å². The van der Waals surface area contributed by atoms with Crippen LogP contribution in [0.15, 0.2) is 53.5 Å². The van der Waals surface area contributed by atoms with E-state index in [0.29, 0.717) is 18.6 Å². The van der Waals surface area contributed by atoms with Crippen molar-refractivity contribution in [1.29, 1.82) is 0 Å². The van der Waals surface area contributed by atoms with E-state index in [9.17, 15) is 9.59 Å². The van der Waals surface area contributed by atoms with Gasteiger partial charge in [0, 0.05) is 24.3 Å². The molecule has 3 N–H and O–H groups in total. The predicted molar refractivity (Wildman–Crippen MR) is 111 cm³/mol. The number of halogens is 1. The summed E-state index contributed by atoms with van der Waals surface area (Å²) in [6.45, 7) is 0.345. The smallest absolute Gasteiger partial charge is 0.327 e. The van der Waals surface area contributed by atoms with Crippen molar-refractivity contribution in [3.63, 3.8) is 0 Å². The number of anilines is 1. The van der Waals surface area contributed by atoms with Crippen LogP contribution in [0.5, 0.6) is 0 Å². The van der Waals surface area contributed by atoms with E-state index in [0.717, 1.165) is 30.5 Å². The zero-order valence-corrected chi connectivity index (χ0v) is 16.3. The molecule has 0 unspecified atom stereocenters. The summed E-state index contributed by atoms with van der Waals surface area (Å²) in [5.74, 6) is 0.254. The molecule has 2 aromatic heterocycles. The summed E-state index contributed by atoms with van der Waals surface area (Å²) in [5.41, 5.74) is 8.10. The Morgan fingerprint density at radius 2 is 2.07 bits per heavy atom. The Bertz CT molecular complexity index is 1030. The molecule has 1 saturated carbocycles. The minimum Gasteiger partial charge on any atom is -0.327 e. The molecule has 0 radical (unpaired) electrons. The Balaban J connectivity index is 0.00000225. The first-order valence-corrected chi connectivity index (χ1v) is 9.29. The molecule has 148 valence electrons. The van der Waals surface area contributed by atoms with Crippen LogP contribution in [-0.4, -0.2) is 26.1 Å². The number of nitrogens with two attached hydrogens (primary N) is 1. The van der Waals surface area contributed by atoms with E-state index < -0.39 is 0 Å². The van der Waals surface area contributed by atoms with Gasteiger partial charge in [-0.15, -0.1) is 17.5 Å². The number of carbonyl (C=O) groups excluding carboxylic acids is 1. The van der Waals surface area contributed by atoms with E-state index in [2.05, 4.69) is 10.4 Å². The van der Waals surface area contributed by atoms with E-state index in [-0.39, 0.29) is 36.0 Å². The number of hydrogen-bond acceptors (Lipinski definition) is 4. The second-order valence-electron chi connectivity index (χ2n) is 7.18. The Kier molecular flexibility index (Phi) is 6.16. The molecular weight excluding hydrogens is 378 g/mol. The maximum atomic E-state index is 12.4. The van der Waals surface area contributed by atoms with Crippen LogP contribution in [0.25, 0.3) is 5.65 Å². The fraction of sp³-hybridized carbons (Fsp3) is 0.350. The molecule has 0 bridgehead atoms. The molecule has 1 fully saturated rings. The standard InChI is InChI=1S/C20H23N5O2.ClH/c21-17-8-4-6-15(17)12-19(26)22-16-7-3-5-14(11-16)13-25-20(27)24-10-2-1-9-18(24)23-25;/h1-3,5,7,9-11,15,17H,4,6,8,12-13,21H2,(H,22,26);1H/t15-,17+;/m0./s1. The van der Waals surface area contributed by atoms with E-state index in [1.54, 1.807) is 18.3 Å². The fourth-order valence-electron chi connectivity index (χ4n) is 3.76. The molecule has 1 aliphatic rings. The summed E-state index contributed by atoms with van der Waals surface area (Å²) in [6.07, 6.45) is 5.28. The lowest BCUT2D eigenvalue weighted by Crippen LogP contribution is -2.28. The molecule has 2 heterocycles. The maximum absolute atomic E-state index is 12.4. The van der Waals surface area contributed by atoms with Gasteiger partial charge in [0.25, 0.3) is 0 Å². The van der Waals surface area contributed by atoms with Gasteiger partial charge in [0.15, 0.2) is 5.65 Å². The van der Waals surface area contributed by atoms with Crippen LogP contribution in [0, 0.1) is 5.92 Å². The fourth-order valence-corrected chi connectivity index (χ4v) is 3.76. The van der Waals surface area contributed by atoms with Crippen molar-refractivity contribution in [3.8, 4) is 0 Å². The van der Waals surface area contributed by atoms with Crippen molar-refractivity contribution in [1.82, 2.24) is 14.2 Å². The van der Waals surface area contributed by atoms with E-state index >= 15 is 0 Å². The van der Waals surface area contributed by atoms with Gasteiger partial charge in [-0.3, -0.25) is 9.20 Å². The molecule has 1 aromatic carbocycles. The minimum absolute atomic E-state index is 0. The van der Waals surface area contributed by atoms with Crippen LogP contribution < -0.4 is 16.7 Å². The van der Waals surface area contributed by atoms with E-state index in [1.807, 2.05) is 30.3 Å². The molecule has 4 rings (SSSR count). The third-order valence-electron chi connectivity index (χ3n) is 5.20. The first-order chi connectivity index (χ1) is 13.1. The van der Waals surface area contributed by atoms with Gasteiger partial charge in [-0.25, -0.2) is 9.48 Å². The lowest BCUT2D eigenvalue weighted by molar-refractivity contribution is -0.117. The summed E-state index contributed by atoms with van der Waals surface area (Å²) in [7, 11) is 0. The van der Waals surface area contributed by atoms with Crippen molar-refractivity contribution < 1.29 is 4.79 Å². The van der Waals surface area contributed by atoms with Crippen LogP contribution in [0.4, 0.5) is 5.69 Å². The van der Waals surface area contributed by atoms with Gasteiger partial charge in [0.2, 0.25) is 5.91 Å². The quantitative estimate of drug-likeness (QED) is 0.686. The molecule has 2 atom stereocenters. The highest BCUT2D eigenvalue weighted by Crippen LogP contribution is 2.27. The highest BCUT2D eigenvalue weighted by atomic mass is 35.5. The number of nitrogens with zero attached hydrogens (tertiary/aromatic N) is 3. The molecule has 3 aromatic rings. The number of fused-ring (bicyclic) bond motifs is 1. The Morgan fingerprint density at radius 1 is 1.21 bits per heavy atom.